The van der Waals surface area contributed by atoms with Crippen LogP contribution in [0.4, 0.5) is 0 Å². The van der Waals surface area contributed by atoms with Gasteiger partial charge in [-0.3, -0.25) is 24.1 Å². The molecule has 0 aromatic carbocycles. The minimum Gasteiger partial charge on any atom is -0.379 e. The summed E-state index contributed by atoms with van der Waals surface area (Å²) in [5, 5.41) is 11.7. The van der Waals surface area contributed by atoms with Crippen LogP contribution < -0.4 is 16.0 Å². The van der Waals surface area contributed by atoms with E-state index in [1.807, 2.05) is 13.8 Å². The Kier molecular flexibility index (Phi) is 11.7. The van der Waals surface area contributed by atoms with Crippen LogP contribution in [0, 0.1) is 5.92 Å². The van der Waals surface area contributed by atoms with Gasteiger partial charge in [-0.05, 0) is 32.6 Å². The normalized spacial score (nSPS) is 21.5. The summed E-state index contributed by atoms with van der Waals surface area (Å²) in [6, 6.07) is -1.58. The molecule has 12 heteroatoms. The molecule has 0 saturated carbocycles. The summed E-state index contributed by atoms with van der Waals surface area (Å²) in [6.07, 6.45) is 0.756. The van der Waals surface area contributed by atoms with Gasteiger partial charge < -0.3 is 30.3 Å². The Bertz CT molecular complexity index is 879. The number of carbonyl (C=O) groups is 4. The van der Waals surface area contributed by atoms with Crippen molar-refractivity contribution in [2.45, 2.75) is 65.1 Å². The van der Waals surface area contributed by atoms with Crippen LogP contribution in [0.1, 0.15) is 47.5 Å². The number of epoxide rings is 1. The Balaban J connectivity index is 1.85. The maximum Gasteiger partial charge on any atom is 0.269 e. The van der Waals surface area contributed by atoms with E-state index in [0.717, 1.165) is 13.1 Å². The van der Waals surface area contributed by atoms with Crippen molar-refractivity contribution in [2.24, 2.45) is 11.1 Å². The van der Waals surface area contributed by atoms with E-state index in [1.165, 1.54) is 6.92 Å². The maximum atomic E-state index is 12.8. The number of ketones is 1. The van der Waals surface area contributed by atoms with Crippen molar-refractivity contribution < 1.29 is 33.5 Å². The first-order valence-corrected chi connectivity index (χ1v) is 12.7. The fourth-order valence-corrected chi connectivity index (χ4v) is 3.69. The molecule has 3 atom stereocenters. The van der Waals surface area contributed by atoms with E-state index >= 15 is 0 Å². The molecule has 0 aliphatic carbocycles. The number of nitrogens with one attached hydrogen (secondary N) is 3. The molecule has 2 rings (SSSR count). The standard InChI is InChI=1S/C25H41N5O7/c1-7-19(22(32)25(6)15-36-25)27-21(31)13-26-24(34)20(12-16(2)3)28-23(33)18(5)29-37-17(4)14-30-8-10-35-11-9-30/h16,19-20H,4,7-15H2,1-3,5-6H3,(H,26,34)(H,27,31)(H,28,33)/b29-18+/t19-,20-,25?/m0/s1. The molecular formula is C25H41N5O7. The first-order chi connectivity index (χ1) is 17.4. The number of amides is 3. The van der Waals surface area contributed by atoms with E-state index in [0.29, 0.717) is 45.0 Å². The van der Waals surface area contributed by atoms with Crippen LogP contribution in [0.5, 0.6) is 0 Å². The van der Waals surface area contributed by atoms with Gasteiger partial charge in [-0.15, -0.1) is 0 Å². The molecule has 2 heterocycles. The summed E-state index contributed by atoms with van der Waals surface area (Å²) < 4.78 is 10.5. The highest BCUT2D eigenvalue weighted by Crippen LogP contribution is 2.28. The van der Waals surface area contributed by atoms with Crippen molar-refractivity contribution in [1.82, 2.24) is 20.9 Å². The lowest BCUT2D eigenvalue weighted by molar-refractivity contribution is -0.131. The first kappa shape index (κ1) is 30.4. The molecule has 12 nitrogen and oxygen atoms in total. The molecule has 2 aliphatic heterocycles. The summed E-state index contributed by atoms with van der Waals surface area (Å²) in [5.41, 5.74) is -0.815. The third-order valence-electron chi connectivity index (χ3n) is 6.05. The number of carbonyl (C=O) groups excluding carboxylic acids is 4. The molecule has 0 radical (unpaired) electrons. The van der Waals surface area contributed by atoms with Crippen molar-refractivity contribution in [1.29, 1.82) is 0 Å². The zero-order chi connectivity index (χ0) is 27.6. The average Bonchev–Trinajstić information content (AvgIpc) is 3.62. The third-order valence-corrected chi connectivity index (χ3v) is 6.05. The van der Waals surface area contributed by atoms with Crippen molar-refractivity contribution in [3.63, 3.8) is 0 Å². The second-order valence-corrected chi connectivity index (χ2v) is 9.98. The topological polar surface area (TPSA) is 151 Å². The number of ether oxygens (including phenoxy) is 2. The Morgan fingerprint density at radius 1 is 1.14 bits per heavy atom. The van der Waals surface area contributed by atoms with Crippen molar-refractivity contribution in [3.05, 3.63) is 12.3 Å². The monoisotopic (exact) mass is 523 g/mol. The van der Waals surface area contributed by atoms with Gasteiger partial charge in [-0.25, -0.2) is 0 Å². The molecule has 1 unspecified atom stereocenters. The number of Topliss-reactive ketones (excluding diaryl/α,β-unsaturated/α-hetero) is 1. The average molecular weight is 524 g/mol. The van der Waals surface area contributed by atoms with Crippen LogP contribution in [0.3, 0.4) is 0 Å². The second-order valence-electron chi connectivity index (χ2n) is 9.98. The van der Waals surface area contributed by atoms with Gasteiger partial charge in [0.05, 0.1) is 39.0 Å². The van der Waals surface area contributed by atoms with Crippen LogP contribution in [0.15, 0.2) is 17.5 Å². The van der Waals surface area contributed by atoms with E-state index in [1.54, 1.807) is 13.8 Å². The summed E-state index contributed by atoms with van der Waals surface area (Å²) in [7, 11) is 0. The van der Waals surface area contributed by atoms with Gasteiger partial charge in [0.2, 0.25) is 11.8 Å². The van der Waals surface area contributed by atoms with Crippen molar-refractivity contribution in [2.75, 3.05) is 46.0 Å². The highest BCUT2D eigenvalue weighted by molar-refractivity contribution is 6.38. The van der Waals surface area contributed by atoms with Crippen molar-refractivity contribution in [3.8, 4) is 0 Å². The summed E-state index contributed by atoms with van der Waals surface area (Å²) in [6.45, 7) is 15.9. The number of rotatable bonds is 15. The fraction of sp³-hybridized carbons (Fsp3) is 0.720. The number of morpholine rings is 1. The number of hydrogen-bond donors (Lipinski definition) is 3. The van der Waals surface area contributed by atoms with E-state index in [-0.39, 0.29) is 24.0 Å². The zero-order valence-electron chi connectivity index (χ0n) is 22.6. The Labute approximate surface area is 218 Å². The molecule has 0 spiro atoms. The van der Waals surface area contributed by atoms with Crippen LogP contribution in [-0.4, -0.2) is 97.8 Å². The predicted molar refractivity (Wildman–Crippen MR) is 137 cm³/mol. The van der Waals surface area contributed by atoms with Gasteiger partial charge in [0.1, 0.15) is 23.1 Å². The van der Waals surface area contributed by atoms with Crippen LogP contribution in [0.2, 0.25) is 0 Å². The SMILES string of the molecule is C=C(CN1CCOCC1)O/N=C(\C)C(=O)N[C@@H](CC(C)C)C(=O)NCC(=O)N[C@@H](CC)C(=O)C1(C)CO1. The minimum atomic E-state index is -0.885. The highest BCUT2D eigenvalue weighted by atomic mass is 16.6. The van der Waals surface area contributed by atoms with E-state index in [2.05, 4.69) is 32.6 Å². The summed E-state index contributed by atoms with van der Waals surface area (Å²) in [5.74, 6) is -1.30. The molecule has 0 aromatic heterocycles. The molecule has 2 saturated heterocycles. The van der Waals surface area contributed by atoms with Gasteiger partial charge in [0.15, 0.2) is 5.78 Å². The number of oxime groups is 1. The fourth-order valence-electron chi connectivity index (χ4n) is 3.69. The van der Waals surface area contributed by atoms with Crippen LogP contribution in [0.25, 0.3) is 0 Å². The van der Waals surface area contributed by atoms with Crippen LogP contribution >= 0.6 is 0 Å². The largest absolute Gasteiger partial charge is 0.379 e. The molecular weight excluding hydrogens is 482 g/mol. The van der Waals surface area contributed by atoms with Crippen molar-refractivity contribution >= 4 is 29.2 Å². The molecule has 0 bridgehead atoms. The first-order valence-electron chi connectivity index (χ1n) is 12.7. The Morgan fingerprint density at radius 3 is 2.35 bits per heavy atom. The highest BCUT2D eigenvalue weighted by Gasteiger charge is 2.49. The maximum absolute atomic E-state index is 12.8. The number of hydrogen-bond acceptors (Lipinski definition) is 9. The zero-order valence-corrected chi connectivity index (χ0v) is 22.6. The smallest absolute Gasteiger partial charge is 0.269 e. The minimum absolute atomic E-state index is 0.0301. The lowest BCUT2D eigenvalue weighted by atomic mass is 9.99. The summed E-state index contributed by atoms with van der Waals surface area (Å²) in [4.78, 5) is 57.6. The van der Waals surface area contributed by atoms with Gasteiger partial charge in [0.25, 0.3) is 5.91 Å². The Hall–Kier alpha value is -2.83. The summed E-state index contributed by atoms with van der Waals surface area (Å²) >= 11 is 0. The third kappa shape index (κ3) is 10.2. The lowest BCUT2D eigenvalue weighted by Crippen LogP contribution is -2.52. The van der Waals surface area contributed by atoms with Gasteiger partial charge in [-0.2, -0.15) is 0 Å². The quantitative estimate of drug-likeness (QED) is 0.119. The number of nitrogens with zero attached hydrogens (tertiary/aromatic N) is 2. The molecule has 208 valence electrons. The van der Waals surface area contributed by atoms with Gasteiger partial charge in [0, 0.05) is 13.1 Å². The molecule has 0 aromatic rings. The van der Waals surface area contributed by atoms with E-state index < -0.39 is 35.4 Å². The predicted octanol–water partition coefficient (Wildman–Crippen LogP) is 0.125. The molecule has 2 fully saturated rings. The molecule has 3 N–H and O–H groups in total. The van der Waals surface area contributed by atoms with E-state index in [9.17, 15) is 19.2 Å². The van der Waals surface area contributed by atoms with Gasteiger partial charge >= 0.3 is 0 Å². The van der Waals surface area contributed by atoms with E-state index in [4.69, 9.17) is 14.3 Å². The molecule has 37 heavy (non-hydrogen) atoms. The lowest BCUT2D eigenvalue weighted by Gasteiger charge is -2.26. The van der Waals surface area contributed by atoms with Crippen LogP contribution in [-0.2, 0) is 33.5 Å². The van der Waals surface area contributed by atoms with Gasteiger partial charge in [-0.1, -0.05) is 32.5 Å². The molecule has 2 aliphatic rings. The molecule has 3 amide bonds. The second kappa shape index (κ2) is 14.2. The Morgan fingerprint density at radius 2 is 1.78 bits per heavy atom.